The molecule has 0 bridgehead atoms. The summed E-state index contributed by atoms with van der Waals surface area (Å²) in [5.41, 5.74) is -0.896. The number of amides is 3. The van der Waals surface area contributed by atoms with Crippen LogP contribution in [0.25, 0.3) is 0 Å². The van der Waals surface area contributed by atoms with Gasteiger partial charge < -0.3 is 15.7 Å². The molecular formula is C23H27N3O3. The van der Waals surface area contributed by atoms with Crippen molar-refractivity contribution < 1.29 is 14.7 Å². The molecule has 29 heavy (non-hydrogen) atoms. The normalized spacial score (nSPS) is 29.0. The third-order valence-corrected chi connectivity index (χ3v) is 6.43. The van der Waals surface area contributed by atoms with E-state index in [1.807, 2.05) is 6.07 Å². The van der Waals surface area contributed by atoms with Gasteiger partial charge in [-0.05, 0) is 36.5 Å². The molecule has 6 nitrogen and oxygen atoms in total. The van der Waals surface area contributed by atoms with E-state index >= 15 is 0 Å². The average Bonchev–Trinajstić information content (AvgIpc) is 2.72. The minimum atomic E-state index is -2.14. The lowest BCUT2D eigenvalue weighted by molar-refractivity contribution is -0.141. The molecule has 152 valence electrons. The minimum Gasteiger partial charge on any atom is -0.359 e. The molecule has 3 amide bonds. The van der Waals surface area contributed by atoms with Crippen molar-refractivity contribution >= 4 is 23.3 Å². The Morgan fingerprint density at radius 2 is 1.79 bits per heavy atom. The maximum absolute atomic E-state index is 13.5. The molecule has 6 heteroatoms. The fourth-order valence-electron chi connectivity index (χ4n) is 4.49. The van der Waals surface area contributed by atoms with Crippen molar-refractivity contribution in [3.05, 3.63) is 60.2 Å². The number of nitrogens with one attached hydrogen (secondary N) is 2. The van der Waals surface area contributed by atoms with Crippen molar-refractivity contribution in [1.82, 2.24) is 5.32 Å². The van der Waals surface area contributed by atoms with Crippen molar-refractivity contribution in [3.8, 4) is 0 Å². The van der Waals surface area contributed by atoms with E-state index in [2.05, 4.69) is 24.5 Å². The number of urea groups is 1. The topological polar surface area (TPSA) is 81.7 Å². The van der Waals surface area contributed by atoms with Crippen LogP contribution in [0.5, 0.6) is 0 Å². The highest BCUT2D eigenvalue weighted by molar-refractivity contribution is 6.11. The Kier molecular flexibility index (Phi) is 5.04. The first-order chi connectivity index (χ1) is 13.9. The fraction of sp³-hybridized carbons (Fsp3) is 0.391. The van der Waals surface area contributed by atoms with Gasteiger partial charge in [0, 0.05) is 17.3 Å². The molecule has 4 atom stereocenters. The van der Waals surface area contributed by atoms with Crippen LogP contribution in [-0.2, 0) is 10.5 Å². The molecule has 2 aliphatic rings. The van der Waals surface area contributed by atoms with E-state index in [9.17, 15) is 14.7 Å². The van der Waals surface area contributed by atoms with Crippen LogP contribution in [0.4, 0.5) is 16.2 Å². The Labute approximate surface area is 170 Å². The summed E-state index contributed by atoms with van der Waals surface area (Å²) in [5, 5.41) is 17.7. The maximum atomic E-state index is 13.5. The van der Waals surface area contributed by atoms with Gasteiger partial charge in [0.2, 0.25) is 0 Å². The molecule has 1 heterocycles. The molecule has 4 rings (SSSR count). The van der Waals surface area contributed by atoms with E-state index < -0.39 is 17.7 Å². The first kappa shape index (κ1) is 19.5. The second-order valence-corrected chi connectivity index (χ2v) is 8.17. The van der Waals surface area contributed by atoms with Crippen LogP contribution in [0.15, 0.2) is 54.6 Å². The summed E-state index contributed by atoms with van der Waals surface area (Å²) in [5.74, 6) is 0.222. The van der Waals surface area contributed by atoms with Crippen LogP contribution in [0.3, 0.4) is 0 Å². The van der Waals surface area contributed by atoms with E-state index in [1.54, 1.807) is 48.5 Å². The Bertz CT molecular complexity index is 917. The number of fused-ring (bicyclic) bond motifs is 1. The number of para-hydroxylation sites is 2. The van der Waals surface area contributed by atoms with Crippen LogP contribution in [-0.4, -0.2) is 23.1 Å². The number of aliphatic hydroxyl groups is 1. The highest BCUT2D eigenvalue weighted by Crippen LogP contribution is 2.40. The largest absolute Gasteiger partial charge is 0.359 e. The summed E-state index contributed by atoms with van der Waals surface area (Å²) in [6, 6.07) is 15.1. The Hall–Kier alpha value is -2.86. The molecule has 1 aliphatic heterocycles. The van der Waals surface area contributed by atoms with Gasteiger partial charge in [-0.25, -0.2) is 4.79 Å². The monoisotopic (exact) mass is 393 g/mol. The lowest BCUT2D eigenvalue weighted by atomic mass is 9.78. The lowest BCUT2D eigenvalue weighted by Gasteiger charge is -2.44. The van der Waals surface area contributed by atoms with E-state index in [0.717, 1.165) is 24.2 Å². The van der Waals surface area contributed by atoms with E-state index in [4.69, 9.17) is 0 Å². The molecule has 0 spiro atoms. The van der Waals surface area contributed by atoms with Gasteiger partial charge in [-0.1, -0.05) is 63.1 Å². The summed E-state index contributed by atoms with van der Waals surface area (Å²) < 4.78 is 0. The number of anilines is 2. The first-order valence-corrected chi connectivity index (χ1v) is 10.2. The molecule has 1 saturated carbocycles. The van der Waals surface area contributed by atoms with Crippen molar-refractivity contribution in [2.24, 2.45) is 11.8 Å². The van der Waals surface area contributed by atoms with Crippen LogP contribution in [0, 0.1) is 11.8 Å². The summed E-state index contributed by atoms with van der Waals surface area (Å²) in [6.07, 6.45) is 3.04. The minimum absolute atomic E-state index is 0.0370. The highest BCUT2D eigenvalue weighted by Gasteiger charge is 2.52. The molecule has 1 aliphatic carbocycles. The van der Waals surface area contributed by atoms with E-state index in [-0.39, 0.29) is 6.04 Å². The lowest BCUT2D eigenvalue weighted by Crippen LogP contribution is -2.64. The van der Waals surface area contributed by atoms with Gasteiger partial charge in [0.25, 0.3) is 11.6 Å². The molecule has 0 aromatic heterocycles. The summed E-state index contributed by atoms with van der Waals surface area (Å²) in [4.78, 5) is 27.7. The average molecular weight is 393 g/mol. The summed E-state index contributed by atoms with van der Waals surface area (Å²) in [6.45, 7) is 4.33. The van der Waals surface area contributed by atoms with Gasteiger partial charge in [0.15, 0.2) is 0 Å². The number of hydrogen-bond donors (Lipinski definition) is 3. The van der Waals surface area contributed by atoms with Gasteiger partial charge >= 0.3 is 6.03 Å². The number of carbonyl (C=O) groups excluding carboxylic acids is 2. The van der Waals surface area contributed by atoms with Crippen molar-refractivity contribution in [3.63, 3.8) is 0 Å². The van der Waals surface area contributed by atoms with Gasteiger partial charge in [-0.3, -0.25) is 9.69 Å². The van der Waals surface area contributed by atoms with Gasteiger partial charge in [-0.15, -0.1) is 0 Å². The summed E-state index contributed by atoms with van der Waals surface area (Å²) >= 11 is 0. The fourth-order valence-corrected chi connectivity index (χ4v) is 4.49. The number of nitrogens with zero attached hydrogens (tertiary/aromatic N) is 1. The molecule has 3 N–H and O–H groups in total. The zero-order chi connectivity index (χ0) is 20.6. The molecular weight excluding hydrogens is 366 g/mol. The first-order valence-electron chi connectivity index (χ1n) is 10.2. The van der Waals surface area contributed by atoms with Crippen LogP contribution in [0.2, 0.25) is 0 Å². The number of carbonyl (C=O) groups is 2. The molecule has 2 aromatic carbocycles. The molecule has 2 aromatic rings. The van der Waals surface area contributed by atoms with Crippen LogP contribution >= 0.6 is 0 Å². The molecule has 0 unspecified atom stereocenters. The Morgan fingerprint density at radius 3 is 2.55 bits per heavy atom. The SMILES string of the molecule is C[C@@H]1[C@H](C)CCC[C@@H]1NC(=O)[C@@]1(O)c2ccccc2NC(=O)N1c1ccccc1. The van der Waals surface area contributed by atoms with Crippen LogP contribution in [0.1, 0.15) is 38.7 Å². The number of rotatable bonds is 3. The van der Waals surface area contributed by atoms with Crippen molar-refractivity contribution in [2.45, 2.75) is 44.9 Å². The zero-order valence-corrected chi connectivity index (χ0v) is 16.8. The van der Waals surface area contributed by atoms with Gasteiger partial charge in [-0.2, -0.15) is 0 Å². The van der Waals surface area contributed by atoms with Crippen LogP contribution < -0.4 is 15.5 Å². The van der Waals surface area contributed by atoms with Gasteiger partial charge in [0.1, 0.15) is 0 Å². The summed E-state index contributed by atoms with van der Waals surface area (Å²) in [7, 11) is 0. The zero-order valence-electron chi connectivity index (χ0n) is 16.8. The third kappa shape index (κ3) is 3.27. The van der Waals surface area contributed by atoms with Crippen molar-refractivity contribution in [1.29, 1.82) is 0 Å². The number of hydrogen-bond acceptors (Lipinski definition) is 3. The Balaban J connectivity index is 1.77. The van der Waals surface area contributed by atoms with Gasteiger partial charge in [0.05, 0.1) is 5.69 Å². The Morgan fingerprint density at radius 1 is 1.10 bits per heavy atom. The second kappa shape index (κ2) is 7.52. The molecule has 0 radical (unpaired) electrons. The van der Waals surface area contributed by atoms with E-state index in [1.165, 1.54) is 0 Å². The smallest absolute Gasteiger partial charge is 0.329 e. The maximum Gasteiger partial charge on any atom is 0.329 e. The second-order valence-electron chi connectivity index (χ2n) is 8.17. The molecule has 0 saturated heterocycles. The van der Waals surface area contributed by atoms with Crippen molar-refractivity contribution in [2.75, 3.05) is 10.2 Å². The quantitative estimate of drug-likeness (QED) is 0.741. The third-order valence-electron chi connectivity index (χ3n) is 6.43. The molecule has 1 fully saturated rings. The predicted molar refractivity (Wildman–Crippen MR) is 112 cm³/mol. The predicted octanol–water partition coefficient (Wildman–Crippen LogP) is 3.82. The standard InChI is InChI=1S/C23H27N3O3/c1-15-9-8-14-19(16(15)2)24-21(27)23(29)18-12-6-7-13-20(18)25-22(28)26(23)17-10-4-3-5-11-17/h3-7,10-13,15-16,19,29H,8-9,14H2,1-2H3,(H,24,27)(H,25,28)/t15-,16-,19+,23+/m1/s1. The van der Waals surface area contributed by atoms with E-state index in [0.29, 0.717) is 28.8 Å². The highest BCUT2D eigenvalue weighted by atomic mass is 16.3. The number of benzene rings is 2.